The molecule has 0 saturated carbocycles. The second-order valence-corrected chi connectivity index (χ2v) is 5.09. The highest BCUT2D eigenvalue weighted by molar-refractivity contribution is 5.42. The summed E-state index contributed by atoms with van der Waals surface area (Å²) in [4.78, 5) is 10.5. The van der Waals surface area contributed by atoms with Gasteiger partial charge in [0.1, 0.15) is 12.4 Å². The van der Waals surface area contributed by atoms with Gasteiger partial charge in [-0.25, -0.2) is 0 Å². The molecule has 2 aromatic rings. The average Bonchev–Trinajstić information content (AvgIpc) is 2.86. The number of nitro groups is 1. The number of aliphatic hydroxyl groups is 1. The van der Waals surface area contributed by atoms with Crippen molar-refractivity contribution < 1.29 is 14.8 Å². The summed E-state index contributed by atoms with van der Waals surface area (Å²) in [6.07, 6.45) is 1.19. The number of aliphatic hydroxyl groups excluding tert-OH is 1. The summed E-state index contributed by atoms with van der Waals surface area (Å²) in [6, 6.07) is 12.1. The first kappa shape index (κ1) is 13.6. The first-order chi connectivity index (χ1) is 10.1. The fourth-order valence-corrected chi connectivity index (χ4v) is 2.63. The summed E-state index contributed by atoms with van der Waals surface area (Å²) < 4.78 is 5.66. The number of rotatable bonds is 4. The first-order valence-electron chi connectivity index (χ1n) is 6.81. The van der Waals surface area contributed by atoms with Crippen LogP contribution in [0.25, 0.3) is 0 Å². The van der Waals surface area contributed by atoms with Gasteiger partial charge in [-0.05, 0) is 42.2 Å². The summed E-state index contributed by atoms with van der Waals surface area (Å²) in [7, 11) is 0. The van der Waals surface area contributed by atoms with Crippen molar-refractivity contribution in [2.75, 3.05) is 0 Å². The van der Waals surface area contributed by atoms with Crippen molar-refractivity contribution in [3.63, 3.8) is 0 Å². The predicted molar refractivity (Wildman–Crippen MR) is 77.2 cm³/mol. The van der Waals surface area contributed by atoms with E-state index >= 15 is 0 Å². The Hall–Kier alpha value is -2.40. The van der Waals surface area contributed by atoms with E-state index in [1.807, 2.05) is 12.1 Å². The molecular formula is C16H15NO4. The molecule has 1 aliphatic carbocycles. The van der Waals surface area contributed by atoms with Gasteiger partial charge in [-0.15, -0.1) is 0 Å². The highest BCUT2D eigenvalue weighted by atomic mass is 16.6. The summed E-state index contributed by atoms with van der Waals surface area (Å²) in [5.74, 6) is 0.668. The Bertz CT molecular complexity index is 684. The number of hydrogen-bond acceptors (Lipinski definition) is 4. The number of nitro benzene ring substituents is 1. The first-order valence-corrected chi connectivity index (χ1v) is 6.81. The molecule has 0 amide bonds. The van der Waals surface area contributed by atoms with E-state index in [1.54, 1.807) is 24.3 Å². The monoisotopic (exact) mass is 285 g/mol. The fourth-order valence-electron chi connectivity index (χ4n) is 2.63. The maximum atomic E-state index is 10.9. The second-order valence-electron chi connectivity index (χ2n) is 5.09. The molecule has 0 bridgehead atoms. The lowest BCUT2D eigenvalue weighted by Gasteiger charge is -2.09. The third kappa shape index (κ3) is 2.73. The molecule has 0 fully saturated rings. The molecular weight excluding hydrogens is 270 g/mol. The Morgan fingerprint density at radius 2 is 2.10 bits per heavy atom. The van der Waals surface area contributed by atoms with E-state index in [2.05, 4.69) is 0 Å². The predicted octanol–water partition coefficient (Wildman–Crippen LogP) is 3.15. The lowest BCUT2D eigenvalue weighted by atomic mass is 10.1. The van der Waals surface area contributed by atoms with Gasteiger partial charge in [-0.3, -0.25) is 10.1 Å². The third-order valence-corrected chi connectivity index (χ3v) is 3.74. The van der Waals surface area contributed by atoms with Crippen LogP contribution in [0.2, 0.25) is 0 Å². The molecule has 5 nitrogen and oxygen atoms in total. The van der Waals surface area contributed by atoms with Crippen LogP contribution in [-0.4, -0.2) is 10.0 Å². The van der Waals surface area contributed by atoms with E-state index in [0.29, 0.717) is 11.3 Å². The van der Waals surface area contributed by atoms with Gasteiger partial charge < -0.3 is 9.84 Å². The van der Waals surface area contributed by atoms with E-state index in [0.717, 1.165) is 24.0 Å². The normalized spacial score (nSPS) is 16.5. The average molecular weight is 285 g/mol. The van der Waals surface area contributed by atoms with E-state index in [4.69, 9.17) is 4.74 Å². The zero-order valence-electron chi connectivity index (χ0n) is 11.4. The zero-order chi connectivity index (χ0) is 14.8. The van der Waals surface area contributed by atoms with E-state index in [1.165, 1.54) is 6.07 Å². The van der Waals surface area contributed by atoms with Gasteiger partial charge in [0, 0.05) is 6.07 Å². The van der Waals surface area contributed by atoms with Gasteiger partial charge in [0.05, 0.1) is 16.6 Å². The Labute approximate surface area is 122 Å². The highest BCUT2D eigenvalue weighted by Gasteiger charge is 2.20. The van der Waals surface area contributed by atoms with Crippen LogP contribution in [0.3, 0.4) is 0 Å². The van der Waals surface area contributed by atoms with E-state index < -0.39 is 4.92 Å². The number of aryl methyl sites for hydroxylation is 1. The minimum absolute atomic E-state index is 0.0640. The lowest BCUT2D eigenvalue weighted by Crippen LogP contribution is -2.01. The highest BCUT2D eigenvalue weighted by Crippen LogP contribution is 2.33. The molecule has 0 radical (unpaired) electrons. The maximum Gasteiger partial charge on any atom is 0.276 e. The van der Waals surface area contributed by atoms with Crippen LogP contribution in [0.1, 0.15) is 29.2 Å². The van der Waals surface area contributed by atoms with E-state index in [9.17, 15) is 15.2 Å². The molecule has 5 heteroatoms. The minimum Gasteiger partial charge on any atom is -0.489 e. The summed E-state index contributed by atoms with van der Waals surface area (Å²) in [5, 5.41) is 20.7. The van der Waals surface area contributed by atoms with Crippen LogP contribution in [0, 0.1) is 10.1 Å². The van der Waals surface area contributed by atoms with Crippen molar-refractivity contribution in [3.05, 3.63) is 69.3 Å². The van der Waals surface area contributed by atoms with Crippen LogP contribution in [0.15, 0.2) is 42.5 Å². The Balaban J connectivity index is 1.76. The number of benzene rings is 2. The smallest absolute Gasteiger partial charge is 0.276 e. The third-order valence-electron chi connectivity index (χ3n) is 3.74. The standard InChI is InChI=1S/C16H15NO4/c18-16-8-5-11-9-13(6-7-14(11)16)21-10-12-3-1-2-4-15(12)17(19)20/h1-4,6-7,9,16,18H,5,8,10H2. The van der Waals surface area contributed by atoms with E-state index in [-0.39, 0.29) is 18.4 Å². The molecule has 2 aromatic carbocycles. The lowest BCUT2D eigenvalue weighted by molar-refractivity contribution is -0.385. The van der Waals surface area contributed by atoms with Gasteiger partial charge >= 0.3 is 0 Å². The molecule has 108 valence electrons. The molecule has 1 atom stereocenters. The molecule has 0 heterocycles. The largest absolute Gasteiger partial charge is 0.489 e. The van der Waals surface area contributed by atoms with Crippen LogP contribution in [0.5, 0.6) is 5.75 Å². The van der Waals surface area contributed by atoms with Gasteiger partial charge in [0.2, 0.25) is 0 Å². The Morgan fingerprint density at radius 3 is 2.90 bits per heavy atom. The fraction of sp³-hybridized carbons (Fsp3) is 0.250. The quantitative estimate of drug-likeness (QED) is 0.691. The van der Waals surface area contributed by atoms with Crippen LogP contribution in [-0.2, 0) is 13.0 Å². The molecule has 0 saturated heterocycles. The number of nitrogens with zero attached hydrogens (tertiary/aromatic N) is 1. The summed E-state index contributed by atoms with van der Waals surface area (Å²) in [5.41, 5.74) is 2.65. The summed E-state index contributed by atoms with van der Waals surface area (Å²) in [6.45, 7) is 0.151. The number of hydrogen-bond donors (Lipinski definition) is 1. The number of para-hydroxylation sites is 1. The van der Waals surface area contributed by atoms with Crippen LogP contribution in [0.4, 0.5) is 5.69 Å². The van der Waals surface area contributed by atoms with Gasteiger partial charge in [-0.2, -0.15) is 0 Å². The second kappa shape index (κ2) is 5.54. The number of ether oxygens (including phenoxy) is 1. The minimum atomic E-state index is -0.405. The van der Waals surface area contributed by atoms with Crippen molar-refractivity contribution in [1.82, 2.24) is 0 Å². The maximum absolute atomic E-state index is 10.9. The van der Waals surface area contributed by atoms with Gasteiger partial charge in [0.25, 0.3) is 5.69 Å². The Morgan fingerprint density at radius 1 is 1.29 bits per heavy atom. The van der Waals surface area contributed by atoms with Crippen molar-refractivity contribution in [1.29, 1.82) is 0 Å². The van der Waals surface area contributed by atoms with Gasteiger partial charge in [-0.1, -0.05) is 18.2 Å². The zero-order valence-corrected chi connectivity index (χ0v) is 11.4. The van der Waals surface area contributed by atoms with Crippen LogP contribution >= 0.6 is 0 Å². The molecule has 1 aliphatic rings. The number of fused-ring (bicyclic) bond motifs is 1. The SMILES string of the molecule is O=[N+]([O-])c1ccccc1COc1ccc2c(c1)CCC2O. The topological polar surface area (TPSA) is 72.6 Å². The van der Waals surface area contributed by atoms with Gasteiger partial charge in [0.15, 0.2) is 0 Å². The molecule has 1 unspecified atom stereocenters. The van der Waals surface area contributed by atoms with Crippen molar-refractivity contribution in [3.8, 4) is 5.75 Å². The molecule has 0 aromatic heterocycles. The molecule has 3 rings (SSSR count). The van der Waals surface area contributed by atoms with Crippen molar-refractivity contribution in [2.45, 2.75) is 25.6 Å². The van der Waals surface area contributed by atoms with Crippen molar-refractivity contribution >= 4 is 5.69 Å². The van der Waals surface area contributed by atoms with Crippen molar-refractivity contribution in [2.24, 2.45) is 0 Å². The molecule has 0 spiro atoms. The molecule has 1 N–H and O–H groups in total. The molecule has 0 aliphatic heterocycles. The summed E-state index contributed by atoms with van der Waals surface area (Å²) >= 11 is 0. The van der Waals surface area contributed by atoms with Crippen LogP contribution < -0.4 is 4.74 Å². The Kier molecular flexibility index (Phi) is 3.58. The molecule has 21 heavy (non-hydrogen) atoms.